The molecule has 4 heteroatoms. The number of carbonyl (C=O) groups is 1. The molecule has 0 radical (unpaired) electrons. The van der Waals surface area contributed by atoms with Crippen molar-refractivity contribution in [2.45, 2.75) is 25.8 Å². The molecule has 0 fully saturated rings. The normalized spacial score (nSPS) is 13.4. The number of aromatic nitrogens is 1. The molecule has 1 aromatic carbocycles. The highest BCUT2D eigenvalue weighted by molar-refractivity contribution is 5.92. The third-order valence-electron chi connectivity index (χ3n) is 3.62. The van der Waals surface area contributed by atoms with Crippen LogP contribution in [0.4, 0.5) is 5.69 Å². The van der Waals surface area contributed by atoms with Gasteiger partial charge >= 0.3 is 0 Å². The van der Waals surface area contributed by atoms with Gasteiger partial charge in [-0.3, -0.25) is 9.78 Å². The summed E-state index contributed by atoms with van der Waals surface area (Å²) in [6.45, 7) is 4.55. The summed E-state index contributed by atoms with van der Waals surface area (Å²) in [6, 6.07) is 14.1. The van der Waals surface area contributed by atoms with E-state index in [9.17, 15) is 4.79 Å². The minimum Gasteiger partial charge on any atom is -0.325 e. The summed E-state index contributed by atoms with van der Waals surface area (Å²) in [6.07, 6.45) is 3.31. The Morgan fingerprint density at radius 1 is 1.10 bits per heavy atom. The van der Waals surface area contributed by atoms with E-state index in [1.807, 2.05) is 18.2 Å². The number of hydrogen-bond acceptors (Lipinski definition) is 3. The van der Waals surface area contributed by atoms with Crippen LogP contribution < -0.4 is 10.6 Å². The molecule has 1 amide bonds. The summed E-state index contributed by atoms with van der Waals surface area (Å²) in [5, 5.41) is 6.11. The first-order valence-corrected chi connectivity index (χ1v) is 7.15. The number of rotatable bonds is 6. The monoisotopic (exact) mass is 283 g/mol. The van der Waals surface area contributed by atoms with Crippen LogP contribution in [0.3, 0.4) is 0 Å². The van der Waals surface area contributed by atoms with E-state index in [1.54, 1.807) is 24.5 Å². The van der Waals surface area contributed by atoms with Gasteiger partial charge in [0.1, 0.15) is 0 Å². The van der Waals surface area contributed by atoms with Gasteiger partial charge in [-0.15, -0.1) is 0 Å². The van der Waals surface area contributed by atoms with E-state index in [1.165, 1.54) is 5.56 Å². The molecule has 1 aromatic heterocycles. The van der Waals surface area contributed by atoms with Crippen LogP contribution in [0.15, 0.2) is 54.9 Å². The quantitative estimate of drug-likeness (QED) is 0.857. The second-order valence-electron chi connectivity index (χ2n) is 5.15. The molecular weight excluding hydrogens is 262 g/mol. The van der Waals surface area contributed by atoms with E-state index < -0.39 is 0 Å². The molecule has 0 unspecified atom stereocenters. The Hall–Kier alpha value is -2.20. The number of nitrogens with zero attached hydrogens (tertiary/aromatic N) is 1. The van der Waals surface area contributed by atoms with Crippen LogP contribution in [0, 0.1) is 0 Å². The third kappa shape index (κ3) is 4.68. The fraction of sp³-hybridized carbons (Fsp3) is 0.294. The summed E-state index contributed by atoms with van der Waals surface area (Å²) in [7, 11) is 0. The van der Waals surface area contributed by atoms with Gasteiger partial charge in [-0.25, -0.2) is 0 Å². The van der Waals surface area contributed by atoms with Gasteiger partial charge in [0.15, 0.2) is 0 Å². The van der Waals surface area contributed by atoms with Gasteiger partial charge in [-0.1, -0.05) is 37.3 Å². The molecule has 110 valence electrons. The molecule has 0 aliphatic heterocycles. The molecule has 0 bridgehead atoms. The molecule has 4 nitrogen and oxygen atoms in total. The lowest BCUT2D eigenvalue weighted by atomic mass is 9.94. The van der Waals surface area contributed by atoms with Crippen LogP contribution in [0.1, 0.15) is 25.3 Å². The Morgan fingerprint density at radius 3 is 2.43 bits per heavy atom. The first-order valence-electron chi connectivity index (χ1n) is 7.15. The first kappa shape index (κ1) is 15.2. The Labute approximate surface area is 125 Å². The topological polar surface area (TPSA) is 54.0 Å². The van der Waals surface area contributed by atoms with Crippen LogP contribution >= 0.6 is 0 Å². The lowest BCUT2D eigenvalue weighted by Crippen LogP contribution is -2.37. The van der Waals surface area contributed by atoms with Crippen molar-refractivity contribution in [3.05, 3.63) is 60.4 Å². The smallest absolute Gasteiger partial charge is 0.238 e. The maximum atomic E-state index is 11.9. The Bertz CT molecular complexity index is 557. The molecule has 0 aliphatic carbocycles. The van der Waals surface area contributed by atoms with Gasteiger partial charge < -0.3 is 10.6 Å². The predicted molar refractivity (Wildman–Crippen MR) is 85.2 cm³/mol. The molecule has 21 heavy (non-hydrogen) atoms. The molecule has 0 saturated carbocycles. The predicted octanol–water partition coefficient (Wildman–Crippen LogP) is 2.80. The van der Waals surface area contributed by atoms with Crippen molar-refractivity contribution in [1.82, 2.24) is 10.3 Å². The van der Waals surface area contributed by atoms with Crippen molar-refractivity contribution in [3.8, 4) is 0 Å². The van der Waals surface area contributed by atoms with Crippen molar-refractivity contribution < 1.29 is 4.79 Å². The average molecular weight is 283 g/mol. The van der Waals surface area contributed by atoms with Crippen LogP contribution in [0.2, 0.25) is 0 Å². The number of benzene rings is 1. The van der Waals surface area contributed by atoms with Crippen molar-refractivity contribution in [3.63, 3.8) is 0 Å². The maximum absolute atomic E-state index is 11.9. The van der Waals surface area contributed by atoms with Crippen LogP contribution in [0.25, 0.3) is 0 Å². The van der Waals surface area contributed by atoms with Crippen molar-refractivity contribution in [2.75, 3.05) is 11.9 Å². The Morgan fingerprint density at radius 2 is 1.76 bits per heavy atom. The standard InChI is InChI=1S/C17H21N3O/c1-13(15-6-4-3-5-7-15)14(2)19-12-17(21)20-16-8-10-18-11-9-16/h3-11,13-14,19H,12H2,1-2H3,(H,18,20,21)/t13-,14+/m0/s1. The van der Waals surface area contributed by atoms with Gasteiger partial charge in [0.05, 0.1) is 6.54 Å². The largest absolute Gasteiger partial charge is 0.325 e. The summed E-state index contributed by atoms with van der Waals surface area (Å²) in [5.41, 5.74) is 2.03. The maximum Gasteiger partial charge on any atom is 0.238 e. The van der Waals surface area contributed by atoms with Gasteiger partial charge in [-0.05, 0) is 30.5 Å². The van der Waals surface area contributed by atoms with Crippen molar-refractivity contribution in [1.29, 1.82) is 0 Å². The average Bonchev–Trinajstić information content (AvgIpc) is 2.53. The lowest BCUT2D eigenvalue weighted by molar-refractivity contribution is -0.115. The second kappa shape index (κ2) is 7.55. The zero-order valence-corrected chi connectivity index (χ0v) is 12.4. The minimum absolute atomic E-state index is 0.0479. The molecule has 0 aliphatic rings. The van der Waals surface area contributed by atoms with Gasteiger partial charge in [0.2, 0.25) is 5.91 Å². The summed E-state index contributed by atoms with van der Waals surface area (Å²) >= 11 is 0. The highest BCUT2D eigenvalue weighted by Gasteiger charge is 2.14. The second-order valence-corrected chi connectivity index (χ2v) is 5.15. The van der Waals surface area contributed by atoms with E-state index in [2.05, 4.69) is 41.6 Å². The van der Waals surface area contributed by atoms with Crippen LogP contribution in [-0.4, -0.2) is 23.5 Å². The van der Waals surface area contributed by atoms with E-state index in [-0.39, 0.29) is 11.9 Å². The summed E-state index contributed by atoms with van der Waals surface area (Å²) in [5.74, 6) is 0.299. The molecule has 2 aromatic rings. The number of hydrogen-bond donors (Lipinski definition) is 2. The summed E-state index contributed by atoms with van der Waals surface area (Å²) < 4.78 is 0. The molecule has 0 spiro atoms. The number of nitrogens with one attached hydrogen (secondary N) is 2. The Kier molecular flexibility index (Phi) is 5.46. The van der Waals surface area contributed by atoms with Gasteiger partial charge in [0.25, 0.3) is 0 Å². The van der Waals surface area contributed by atoms with Crippen LogP contribution in [-0.2, 0) is 4.79 Å². The molecule has 2 atom stereocenters. The lowest BCUT2D eigenvalue weighted by Gasteiger charge is -2.21. The number of anilines is 1. The number of pyridine rings is 1. The van der Waals surface area contributed by atoms with E-state index >= 15 is 0 Å². The molecule has 2 N–H and O–H groups in total. The number of carbonyl (C=O) groups excluding carboxylic acids is 1. The fourth-order valence-corrected chi connectivity index (χ4v) is 2.12. The molecule has 1 heterocycles. The number of amides is 1. The summed E-state index contributed by atoms with van der Waals surface area (Å²) in [4.78, 5) is 15.8. The highest BCUT2D eigenvalue weighted by Crippen LogP contribution is 2.18. The van der Waals surface area contributed by atoms with Gasteiger partial charge in [0, 0.05) is 24.1 Å². The molecule has 0 saturated heterocycles. The van der Waals surface area contributed by atoms with E-state index in [0.717, 1.165) is 5.69 Å². The van der Waals surface area contributed by atoms with Crippen LogP contribution in [0.5, 0.6) is 0 Å². The zero-order valence-electron chi connectivity index (χ0n) is 12.4. The highest BCUT2D eigenvalue weighted by atomic mass is 16.1. The molecule has 2 rings (SSSR count). The molecular formula is C17H21N3O. The zero-order chi connectivity index (χ0) is 15.1. The van der Waals surface area contributed by atoms with E-state index in [0.29, 0.717) is 12.5 Å². The van der Waals surface area contributed by atoms with Crippen molar-refractivity contribution >= 4 is 11.6 Å². The fourth-order valence-electron chi connectivity index (χ4n) is 2.12. The van der Waals surface area contributed by atoms with Crippen molar-refractivity contribution in [2.24, 2.45) is 0 Å². The van der Waals surface area contributed by atoms with E-state index in [4.69, 9.17) is 0 Å². The third-order valence-corrected chi connectivity index (χ3v) is 3.62. The Balaban J connectivity index is 1.81. The SMILES string of the molecule is C[C@H](c1ccccc1)[C@@H](C)NCC(=O)Nc1ccncc1. The van der Waals surface area contributed by atoms with Gasteiger partial charge in [-0.2, -0.15) is 0 Å². The first-order chi connectivity index (χ1) is 10.2. The minimum atomic E-state index is -0.0479.